The number of hydrogen-bond donors (Lipinski definition) is 1. The second-order valence-corrected chi connectivity index (χ2v) is 6.53. The predicted octanol–water partition coefficient (Wildman–Crippen LogP) is 4.68. The molecule has 1 aliphatic rings. The molecule has 21 heavy (non-hydrogen) atoms. The van der Waals surface area contributed by atoms with Crippen LogP contribution in [0.5, 0.6) is 0 Å². The van der Waals surface area contributed by atoms with Gasteiger partial charge < -0.3 is 10.1 Å². The monoisotopic (exact) mass is 321 g/mol. The summed E-state index contributed by atoms with van der Waals surface area (Å²) < 4.78 is 41.7. The van der Waals surface area contributed by atoms with Crippen molar-refractivity contribution in [3.05, 3.63) is 22.4 Å². The lowest BCUT2D eigenvalue weighted by Crippen LogP contribution is -2.39. The van der Waals surface area contributed by atoms with Gasteiger partial charge in [-0.1, -0.05) is 13.0 Å². The van der Waals surface area contributed by atoms with Crippen LogP contribution in [0.2, 0.25) is 0 Å². The Morgan fingerprint density at radius 2 is 2.24 bits per heavy atom. The zero-order chi connectivity index (χ0) is 15.3. The van der Waals surface area contributed by atoms with Crippen molar-refractivity contribution in [1.29, 1.82) is 0 Å². The highest BCUT2D eigenvalue weighted by molar-refractivity contribution is 7.10. The average Bonchev–Trinajstić information content (AvgIpc) is 2.96. The number of alkyl halides is 3. The number of thiophene rings is 1. The second-order valence-electron chi connectivity index (χ2n) is 5.55. The van der Waals surface area contributed by atoms with Gasteiger partial charge in [0.2, 0.25) is 0 Å². The van der Waals surface area contributed by atoms with Crippen LogP contribution >= 0.6 is 11.3 Å². The molecule has 1 aliphatic carbocycles. The summed E-state index contributed by atoms with van der Waals surface area (Å²) in [5.41, 5.74) is 0. The summed E-state index contributed by atoms with van der Waals surface area (Å²) in [5.74, 6) is 0. The molecule has 1 N–H and O–H groups in total. The van der Waals surface area contributed by atoms with E-state index in [1.165, 1.54) is 4.88 Å². The fourth-order valence-corrected chi connectivity index (χ4v) is 3.71. The maximum Gasteiger partial charge on any atom is 0.411 e. The molecule has 1 saturated carbocycles. The van der Waals surface area contributed by atoms with E-state index in [2.05, 4.69) is 23.7 Å². The first-order chi connectivity index (χ1) is 9.98. The molecule has 0 bridgehead atoms. The van der Waals surface area contributed by atoms with E-state index in [1.54, 1.807) is 11.3 Å². The minimum atomic E-state index is -4.23. The van der Waals surface area contributed by atoms with Gasteiger partial charge in [-0.25, -0.2) is 0 Å². The molecule has 1 heterocycles. The van der Waals surface area contributed by atoms with Gasteiger partial charge in [0.05, 0.1) is 6.10 Å². The average molecular weight is 321 g/mol. The van der Waals surface area contributed by atoms with Crippen LogP contribution in [0.4, 0.5) is 13.2 Å². The zero-order valence-electron chi connectivity index (χ0n) is 12.2. The van der Waals surface area contributed by atoms with E-state index in [0.717, 1.165) is 25.7 Å². The minimum absolute atomic E-state index is 0.240. The molecule has 0 radical (unpaired) electrons. The van der Waals surface area contributed by atoms with E-state index < -0.39 is 12.8 Å². The molecule has 0 aliphatic heterocycles. The Bertz CT molecular complexity index is 408. The van der Waals surface area contributed by atoms with Gasteiger partial charge in [0.15, 0.2) is 0 Å². The van der Waals surface area contributed by atoms with Crippen molar-refractivity contribution in [3.8, 4) is 0 Å². The van der Waals surface area contributed by atoms with Gasteiger partial charge >= 0.3 is 6.18 Å². The topological polar surface area (TPSA) is 21.3 Å². The van der Waals surface area contributed by atoms with Crippen LogP contribution in [-0.4, -0.2) is 24.9 Å². The van der Waals surface area contributed by atoms with Crippen molar-refractivity contribution >= 4 is 11.3 Å². The summed E-state index contributed by atoms with van der Waals surface area (Å²) in [6.45, 7) is 0.990. The normalized spacial score (nSPS) is 25.0. The third-order valence-electron chi connectivity index (χ3n) is 3.84. The van der Waals surface area contributed by atoms with E-state index >= 15 is 0 Å². The number of rotatable bonds is 6. The van der Waals surface area contributed by atoms with Gasteiger partial charge in [0, 0.05) is 17.0 Å². The van der Waals surface area contributed by atoms with E-state index in [9.17, 15) is 13.2 Å². The molecule has 2 rings (SSSR count). The summed E-state index contributed by atoms with van der Waals surface area (Å²) >= 11 is 1.72. The SMILES string of the molecule is CCC(NC1CCCC(OCC(F)(F)F)C1)c1cccs1. The highest BCUT2D eigenvalue weighted by Gasteiger charge is 2.31. The van der Waals surface area contributed by atoms with Crippen LogP contribution in [-0.2, 0) is 4.74 Å². The first-order valence-electron chi connectivity index (χ1n) is 7.45. The highest BCUT2D eigenvalue weighted by Crippen LogP contribution is 2.28. The Kier molecular flexibility index (Phi) is 6.08. The molecule has 120 valence electrons. The first kappa shape index (κ1) is 16.8. The van der Waals surface area contributed by atoms with Crippen LogP contribution in [0.3, 0.4) is 0 Å². The van der Waals surface area contributed by atoms with Gasteiger partial charge in [0.25, 0.3) is 0 Å². The second kappa shape index (κ2) is 7.61. The smallest absolute Gasteiger partial charge is 0.369 e. The molecule has 1 fully saturated rings. The molecule has 3 atom stereocenters. The van der Waals surface area contributed by atoms with E-state index in [0.29, 0.717) is 6.42 Å². The molecule has 2 nitrogen and oxygen atoms in total. The van der Waals surface area contributed by atoms with Gasteiger partial charge in [-0.2, -0.15) is 13.2 Å². The minimum Gasteiger partial charge on any atom is -0.369 e. The van der Waals surface area contributed by atoms with Crippen LogP contribution in [0, 0.1) is 0 Å². The van der Waals surface area contributed by atoms with E-state index in [4.69, 9.17) is 4.74 Å². The Balaban J connectivity index is 1.83. The molecule has 1 aromatic rings. The fraction of sp³-hybridized carbons (Fsp3) is 0.733. The van der Waals surface area contributed by atoms with Gasteiger partial charge in [-0.3, -0.25) is 0 Å². The summed E-state index contributed by atoms with van der Waals surface area (Å²) in [6, 6.07) is 4.66. The van der Waals surface area contributed by atoms with Crippen molar-refractivity contribution < 1.29 is 17.9 Å². The van der Waals surface area contributed by atoms with E-state index in [1.807, 2.05) is 6.07 Å². The lowest BCUT2D eigenvalue weighted by atomic mass is 9.92. The lowest BCUT2D eigenvalue weighted by molar-refractivity contribution is -0.188. The molecule has 3 unspecified atom stereocenters. The van der Waals surface area contributed by atoms with Gasteiger partial charge in [-0.05, 0) is 43.6 Å². The number of nitrogens with one attached hydrogen (secondary N) is 1. The molecular formula is C15H22F3NOS. The molecule has 0 saturated heterocycles. The van der Waals surface area contributed by atoms with Crippen molar-refractivity contribution in [2.45, 2.75) is 63.4 Å². The molecular weight excluding hydrogens is 299 g/mol. The van der Waals surface area contributed by atoms with Gasteiger partial charge in [-0.15, -0.1) is 11.3 Å². The molecule has 1 aromatic heterocycles. The number of halogens is 3. The quantitative estimate of drug-likeness (QED) is 0.821. The number of hydrogen-bond acceptors (Lipinski definition) is 3. The summed E-state index contributed by atoms with van der Waals surface area (Å²) in [5, 5.41) is 5.64. The Labute approximate surface area is 127 Å². The molecule has 0 spiro atoms. The summed E-state index contributed by atoms with van der Waals surface area (Å²) in [4.78, 5) is 1.29. The van der Waals surface area contributed by atoms with Crippen molar-refractivity contribution in [1.82, 2.24) is 5.32 Å². The third kappa shape index (κ3) is 5.60. The maximum absolute atomic E-state index is 12.2. The molecule has 0 amide bonds. The lowest BCUT2D eigenvalue weighted by Gasteiger charge is -2.32. The molecule has 0 aromatic carbocycles. The van der Waals surface area contributed by atoms with E-state index in [-0.39, 0.29) is 18.2 Å². The number of ether oxygens (including phenoxy) is 1. The first-order valence-corrected chi connectivity index (χ1v) is 8.33. The van der Waals surface area contributed by atoms with Gasteiger partial charge in [0.1, 0.15) is 6.61 Å². The van der Waals surface area contributed by atoms with Crippen LogP contribution in [0.15, 0.2) is 17.5 Å². The third-order valence-corrected chi connectivity index (χ3v) is 4.83. The van der Waals surface area contributed by atoms with Crippen LogP contribution in [0.1, 0.15) is 49.9 Å². The maximum atomic E-state index is 12.2. The Morgan fingerprint density at radius 3 is 2.86 bits per heavy atom. The Morgan fingerprint density at radius 1 is 1.43 bits per heavy atom. The summed E-state index contributed by atoms with van der Waals surface area (Å²) in [6.07, 6.45) is -0.218. The van der Waals surface area contributed by atoms with Crippen LogP contribution < -0.4 is 5.32 Å². The molecule has 6 heteroatoms. The Hall–Kier alpha value is -0.590. The van der Waals surface area contributed by atoms with Crippen molar-refractivity contribution in [2.75, 3.05) is 6.61 Å². The van der Waals surface area contributed by atoms with Crippen molar-refractivity contribution in [2.24, 2.45) is 0 Å². The predicted molar refractivity (Wildman–Crippen MR) is 78.5 cm³/mol. The highest BCUT2D eigenvalue weighted by atomic mass is 32.1. The van der Waals surface area contributed by atoms with Crippen molar-refractivity contribution in [3.63, 3.8) is 0 Å². The van der Waals surface area contributed by atoms with Crippen LogP contribution in [0.25, 0.3) is 0 Å². The standard InChI is InChI=1S/C15H22F3NOS/c1-2-13(14-7-4-8-21-14)19-11-5-3-6-12(9-11)20-10-15(16,17)18/h4,7-8,11-13,19H,2-3,5-6,9-10H2,1H3. The largest absolute Gasteiger partial charge is 0.411 e. The zero-order valence-corrected chi connectivity index (χ0v) is 13.0. The summed E-state index contributed by atoms with van der Waals surface area (Å²) in [7, 11) is 0. The fourth-order valence-electron chi connectivity index (χ4n) is 2.84.